The minimum atomic E-state index is -1.06. The fourth-order valence-corrected chi connectivity index (χ4v) is 2.52. The topological polar surface area (TPSA) is 92.5 Å². The molecular weight excluding hydrogens is 276 g/mol. The van der Waals surface area contributed by atoms with E-state index in [0.717, 1.165) is 11.1 Å². The van der Waals surface area contributed by atoms with Crippen LogP contribution in [0.25, 0.3) is 0 Å². The molecule has 0 saturated carbocycles. The van der Waals surface area contributed by atoms with E-state index in [0.29, 0.717) is 12.8 Å². The lowest BCUT2D eigenvalue weighted by Crippen LogP contribution is -2.52. The summed E-state index contributed by atoms with van der Waals surface area (Å²) in [5.74, 6) is 0. The van der Waals surface area contributed by atoms with E-state index in [1.165, 1.54) is 0 Å². The summed E-state index contributed by atoms with van der Waals surface area (Å²) in [5, 5.41) is 20.5. The summed E-state index contributed by atoms with van der Waals surface area (Å²) >= 11 is 0. The normalized spacial score (nSPS) is 16.7. The van der Waals surface area contributed by atoms with E-state index < -0.39 is 24.3 Å². The third-order valence-corrected chi connectivity index (χ3v) is 3.86. The molecule has 4 heteroatoms. The van der Waals surface area contributed by atoms with Crippen molar-refractivity contribution < 1.29 is 10.2 Å². The van der Waals surface area contributed by atoms with E-state index in [1.807, 2.05) is 60.7 Å². The van der Waals surface area contributed by atoms with Crippen molar-refractivity contribution in [2.45, 2.75) is 37.1 Å². The minimum absolute atomic E-state index is 0.497. The smallest absolute Gasteiger partial charge is 0.0968 e. The number of hydrogen-bond donors (Lipinski definition) is 4. The Morgan fingerprint density at radius 2 is 0.955 bits per heavy atom. The molecule has 4 nitrogen and oxygen atoms in total. The maximum Gasteiger partial charge on any atom is 0.0968 e. The number of nitrogens with two attached hydrogens (primary N) is 2. The van der Waals surface area contributed by atoms with Crippen LogP contribution in [0.1, 0.15) is 11.1 Å². The van der Waals surface area contributed by atoms with Gasteiger partial charge >= 0.3 is 0 Å². The lowest BCUT2D eigenvalue weighted by atomic mass is 9.92. The molecule has 22 heavy (non-hydrogen) atoms. The fraction of sp³-hybridized carbons (Fsp3) is 0.333. The van der Waals surface area contributed by atoms with Crippen molar-refractivity contribution in [2.24, 2.45) is 11.5 Å². The first-order chi connectivity index (χ1) is 10.6. The second-order valence-corrected chi connectivity index (χ2v) is 5.69. The molecule has 0 amide bonds. The van der Waals surface area contributed by atoms with Crippen LogP contribution in [0.2, 0.25) is 0 Å². The molecular formula is C18H24N2O2. The lowest BCUT2D eigenvalue weighted by Gasteiger charge is -2.28. The Kier molecular flexibility index (Phi) is 6.10. The van der Waals surface area contributed by atoms with Gasteiger partial charge in [0.2, 0.25) is 0 Å². The summed E-state index contributed by atoms with van der Waals surface area (Å²) in [6.45, 7) is 0. The summed E-state index contributed by atoms with van der Waals surface area (Å²) in [6.07, 6.45) is -1.12. The van der Waals surface area contributed by atoms with E-state index in [2.05, 4.69) is 0 Å². The Morgan fingerprint density at radius 1 is 0.636 bits per heavy atom. The zero-order chi connectivity index (χ0) is 15.9. The summed E-state index contributed by atoms with van der Waals surface area (Å²) in [7, 11) is 0. The van der Waals surface area contributed by atoms with Gasteiger partial charge in [0.25, 0.3) is 0 Å². The molecule has 0 aliphatic heterocycles. The third-order valence-electron chi connectivity index (χ3n) is 3.86. The molecule has 0 aromatic heterocycles. The second-order valence-electron chi connectivity index (χ2n) is 5.69. The molecule has 0 saturated heterocycles. The molecule has 0 aliphatic rings. The van der Waals surface area contributed by atoms with E-state index >= 15 is 0 Å². The van der Waals surface area contributed by atoms with Crippen LogP contribution < -0.4 is 11.5 Å². The SMILES string of the molecule is NC(Cc1ccccc1)C(O)[C@@H](O)[C@@H](N)Cc1ccccc1. The van der Waals surface area contributed by atoms with Crippen LogP contribution in [0.3, 0.4) is 0 Å². The zero-order valence-corrected chi connectivity index (χ0v) is 12.5. The van der Waals surface area contributed by atoms with Crippen molar-refractivity contribution in [1.29, 1.82) is 0 Å². The van der Waals surface area contributed by atoms with Gasteiger partial charge < -0.3 is 21.7 Å². The molecule has 2 aromatic rings. The number of hydrogen-bond acceptors (Lipinski definition) is 4. The van der Waals surface area contributed by atoms with Crippen molar-refractivity contribution in [3.8, 4) is 0 Å². The fourth-order valence-electron chi connectivity index (χ4n) is 2.52. The number of benzene rings is 2. The molecule has 0 radical (unpaired) electrons. The molecule has 4 atom stereocenters. The lowest BCUT2D eigenvalue weighted by molar-refractivity contribution is -0.00975. The summed E-state index contributed by atoms with van der Waals surface area (Å²) < 4.78 is 0. The largest absolute Gasteiger partial charge is 0.389 e. The van der Waals surface area contributed by atoms with Crippen molar-refractivity contribution in [2.75, 3.05) is 0 Å². The van der Waals surface area contributed by atoms with Crippen molar-refractivity contribution in [1.82, 2.24) is 0 Å². The average molecular weight is 300 g/mol. The van der Waals surface area contributed by atoms with E-state index in [4.69, 9.17) is 11.5 Å². The maximum atomic E-state index is 10.2. The Hall–Kier alpha value is -1.72. The van der Waals surface area contributed by atoms with Gasteiger partial charge in [-0.3, -0.25) is 0 Å². The molecule has 118 valence electrons. The summed E-state index contributed by atoms with van der Waals surface area (Å²) in [5.41, 5.74) is 14.1. The first kappa shape index (κ1) is 16.6. The summed E-state index contributed by atoms with van der Waals surface area (Å²) in [4.78, 5) is 0. The Labute approximate surface area is 131 Å². The van der Waals surface area contributed by atoms with Gasteiger partial charge in [0.15, 0.2) is 0 Å². The first-order valence-corrected chi connectivity index (χ1v) is 7.53. The molecule has 0 spiro atoms. The highest BCUT2D eigenvalue weighted by Gasteiger charge is 2.28. The number of rotatable bonds is 7. The highest BCUT2D eigenvalue weighted by molar-refractivity contribution is 5.18. The number of aliphatic hydroxyl groups excluding tert-OH is 2. The predicted octanol–water partition coefficient (Wildman–Crippen LogP) is 0.848. The highest BCUT2D eigenvalue weighted by Crippen LogP contribution is 2.11. The van der Waals surface area contributed by atoms with Crippen molar-refractivity contribution in [3.63, 3.8) is 0 Å². The second kappa shape index (κ2) is 8.06. The monoisotopic (exact) mass is 300 g/mol. The van der Waals surface area contributed by atoms with Crippen LogP contribution in [-0.4, -0.2) is 34.5 Å². The van der Waals surface area contributed by atoms with Gasteiger partial charge in [0, 0.05) is 12.1 Å². The van der Waals surface area contributed by atoms with Gasteiger partial charge in [-0.1, -0.05) is 60.7 Å². The quantitative estimate of drug-likeness (QED) is 0.610. The van der Waals surface area contributed by atoms with E-state index in [1.54, 1.807) is 0 Å². The third kappa shape index (κ3) is 4.64. The van der Waals surface area contributed by atoms with Gasteiger partial charge in [-0.05, 0) is 24.0 Å². The zero-order valence-electron chi connectivity index (χ0n) is 12.5. The van der Waals surface area contributed by atoms with Crippen LogP contribution in [0, 0.1) is 0 Å². The standard InChI is InChI=1S/C18H24N2O2/c19-15(11-13-7-3-1-4-8-13)17(21)18(22)16(20)12-14-9-5-2-6-10-14/h1-10,15-18,21-22H,11-12,19-20H2/t15-,16?,17-,18?/m0/s1. The molecule has 0 heterocycles. The average Bonchev–Trinajstić information content (AvgIpc) is 2.55. The molecule has 2 aromatic carbocycles. The molecule has 2 unspecified atom stereocenters. The Morgan fingerprint density at radius 3 is 1.27 bits per heavy atom. The van der Waals surface area contributed by atoms with Gasteiger partial charge in [-0.15, -0.1) is 0 Å². The number of aliphatic hydroxyl groups is 2. The van der Waals surface area contributed by atoms with Crippen LogP contribution in [-0.2, 0) is 12.8 Å². The molecule has 0 bridgehead atoms. The van der Waals surface area contributed by atoms with Crippen LogP contribution in [0.5, 0.6) is 0 Å². The summed E-state index contributed by atoms with van der Waals surface area (Å²) in [6, 6.07) is 18.2. The van der Waals surface area contributed by atoms with E-state index in [9.17, 15) is 10.2 Å². The van der Waals surface area contributed by atoms with Gasteiger partial charge in [0.1, 0.15) is 0 Å². The minimum Gasteiger partial charge on any atom is -0.389 e. The van der Waals surface area contributed by atoms with Gasteiger partial charge in [-0.2, -0.15) is 0 Å². The molecule has 0 aliphatic carbocycles. The highest BCUT2D eigenvalue weighted by atomic mass is 16.3. The van der Waals surface area contributed by atoms with Crippen LogP contribution >= 0.6 is 0 Å². The van der Waals surface area contributed by atoms with Gasteiger partial charge in [-0.25, -0.2) is 0 Å². The van der Waals surface area contributed by atoms with Crippen LogP contribution in [0.4, 0.5) is 0 Å². The predicted molar refractivity (Wildman–Crippen MR) is 88.3 cm³/mol. The maximum absolute atomic E-state index is 10.2. The Bertz CT molecular complexity index is 496. The molecule has 0 fully saturated rings. The van der Waals surface area contributed by atoms with Crippen molar-refractivity contribution >= 4 is 0 Å². The Balaban J connectivity index is 1.91. The first-order valence-electron chi connectivity index (χ1n) is 7.53. The molecule has 6 N–H and O–H groups in total. The van der Waals surface area contributed by atoms with E-state index in [-0.39, 0.29) is 0 Å². The van der Waals surface area contributed by atoms with Gasteiger partial charge in [0.05, 0.1) is 12.2 Å². The van der Waals surface area contributed by atoms with Crippen molar-refractivity contribution in [3.05, 3.63) is 71.8 Å². The molecule has 2 rings (SSSR count). The van der Waals surface area contributed by atoms with Crippen LogP contribution in [0.15, 0.2) is 60.7 Å².